The van der Waals surface area contributed by atoms with E-state index in [0.29, 0.717) is 34.8 Å². The van der Waals surface area contributed by atoms with Crippen LogP contribution in [0.25, 0.3) is 0 Å². The molecule has 1 heterocycles. The van der Waals surface area contributed by atoms with Crippen molar-refractivity contribution in [3.63, 3.8) is 0 Å². The zero-order chi connectivity index (χ0) is 17.8. The van der Waals surface area contributed by atoms with Crippen molar-refractivity contribution in [3.8, 4) is 0 Å². The maximum Gasteiger partial charge on any atom is 0.259 e. The Balaban J connectivity index is 1.75. The van der Waals surface area contributed by atoms with E-state index in [0.717, 1.165) is 12.1 Å². The van der Waals surface area contributed by atoms with Crippen LogP contribution in [0.4, 0.5) is 5.69 Å². The van der Waals surface area contributed by atoms with Gasteiger partial charge in [0.15, 0.2) is 0 Å². The number of aryl methyl sites for hydroxylation is 2. The van der Waals surface area contributed by atoms with Crippen LogP contribution in [0.2, 0.25) is 0 Å². The minimum absolute atomic E-state index is 0.111. The molecular formula is C19H22N4O2. The second-order valence-corrected chi connectivity index (χ2v) is 6.37. The summed E-state index contributed by atoms with van der Waals surface area (Å²) in [6.07, 6.45) is 5.98. The predicted molar refractivity (Wildman–Crippen MR) is 95.6 cm³/mol. The number of hydrogen-bond donors (Lipinski definition) is 2. The third kappa shape index (κ3) is 4.21. The molecule has 1 aromatic heterocycles. The first-order chi connectivity index (χ1) is 12.1. The maximum atomic E-state index is 12.6. The molecular weight excluding hydrogens is 316 g/mol. The molecule has 25 heavy (non-hydrogen) atoms. The minimum Gasteiger partial charge on any atom is -0.352 e. The Kier molecular flexibility index (Phi) is 5.07. The number of nitrogens with one attached hydrogen (secondary N) is 2. The van der Waals surface area contributed by atoms with Gasteiger partial charge in [-0.3, -0.25) is 9.59 Å². The van der Waals surface area contributed by atoms with Crippen LogP contribution in [0.5, 0.6) is 0 Å². The van der Waals surface area contributed by atoms with Crippen LogP contribution in [0.1, 0.15) is 51.7 Å². The number of amides is 2. The molecule has 1 aromatic carbocycles. The molecule has 0 bridgehead atoms. The lowest BCUT2D eigenvalue weighted by Crippen LogP contribution is -2.25. The van der Waals surface area contributed by atoms with Crippen LogP contribution >= 0.6 is 0 Å². The largest absolute Gasteiger partial charge is 0.352 e. The molecule has 1 aliphatic carbocycles. The van der Waals surface area contributed by atoms with Crippen molar-refractivity contribution >= 4 is 17.5 Å². The van der Waals surface area contributed by atoms with E-state index in [-0.39, 0.29) is 11.8 Å². The molecule has 1 saturated carbocycles. The van der Waals surface area contributed by atoms with Gasteiger partial charge in [0.1, 0.15) is 6.33 Å². The first kappa shape index (κ1) is 17.1. The Morgan fingerprint density at radius 1 is 1.24 bits per heavy atom. The summed E-state index contributed by atoms with van der Waals surface area (Å²) in [4.78, 5) is 32.9. The van der Waals surface area contributed by atoms with Gasteiger partial charge in [0, 0.05) is 24.0 Å². The van der Waals surface area contributed by atoms with Crippen molar-refractivity contribution in [1.82, 2.24) is 15.3 Å². The van der Waals surface area contributed by atoms with Crippen molar-refractivity contribution in [1.29, 1.82) is 0 Å². The molecule has 0 unspecified atom stereocenters. The fraction of sp³-hybridized carbons (Fsp3) is 0.368. The second kappa shape index (κ2) is 7.42. The standard InChI is InChI=1S/C19H22N4O2/c1-3-16-15(10-20-11-22-16)19(25)23-17-8-14(7-4-12(17)2)18(24)21-9-13-5-6-13/h4,7-8,10-11,13H,3,5-6,9H2,1-2H3,(H,21,24)(H,23,25). The summed E-state index contributed by atoms with van der Waals surface area (Å²) < 4.78 is 0. The van der Waals surface area contributed by atoms with Crippen molar-refractivity contribution < 1.29 is 9.59 Å². The fourth-order valence-electron chi connectivity index (χ4n) is 2.57. The molecule has 6 heteroatoms. The highest BCUT2D eigenvalue weighted by Gasteiger charge is 2.22. The Bertz CT molecular complexity index is 800. The summed E-state index contributed by atoms with van der Waals surface area (Å²) in [6, 6.07) is 5.32. The number of carbonyl (C=O) groups is 2. The van der Waals surface area contributed by atoms with Gasteiger partial charge in [-0.15, -0.1) is 0 Å². The number of carbonyl (C=O) groups excluding carboxylic acids is 2. The quantitative estimate of drug-likeness (QED) is 0.848. The van der Waals surface area contributed by atoms with E-state index < -0.39 is 0 Å². The van der Waals surface area contributed by atoms with Crippen molar-refractivity contribution in [3.05, 3.63) is 53.1 Å². The number of hydrogen-bond acceptors (Lipinski definition) is 4. The first-order valence-electron chi connectivity index (χ1n) is 8.57. The lowest BCUT2D eigenvalue weighted by Gasteiger charge is -2.12. The van der Waals surface area contributed by atoms with Crippen LogP contribution in [0.15, 0.2) is 30.7 Å². The molecule has 0 radical (unpaired) electrons. The number of benzene rings is 1. The Hall–Kier alpha value is -2.76. The number of nitrogens with zero attached hydrogens (tertiary/aromatic N) is 2. The summed E-state index contributed by atoms with van der Waals surface area (Å²) in [5, 5.41) is 5.81. The van der Waals surface area contributed by atoms with Crippen LogP contribution in [-0.4, -0.2) is 28.3 Å². The molecule has 6 nitrogen and oxygen atoms in total. The third-order valence-electron chi connectivity index (χ3n) is 4.37. The molecule has 2 aromatic rings. The van der Waals surface area contributed by atoms with E-state index in [2.05, 4.69) is 20.6 Å². The Morgan fingerprint density at radius 2 is 2.04 bits per heavy atom. The average molecular weight is 338 g/mol. The van der Waals surface area contributed by atoms with Gasteiger partial charge in [0.2, 0.25) is 0 Å². The predicted octanol–water partition coefficient (Wildman–Crippen LogP) is 2.74. The van der Waals surface area contributed by atoms with Crippen LogP contribution in [0, 0.1) is 12.8 Å². The van der Waals surface area contributed by atoms with Gasteiger partial charge in [0.05, 0.1) is 11.3 Å². The monoisotopic (exact) mass is 338 g/mol. The van der Waals surface area contributed by atoms with Gasteiger partial charge in [0.25, 0.3) is 11.8 Å². The number of aromatic nitrogens is 2. The van der Waals surface area contributed by atoms with Crippen molar-refractivity contribution in [2.75, 3.05) is 11.9 Å². The molecule has 1 fully saturated rings. The SMILES string of the molecule is CCc1ncncc1C(=O)Nc1cc(C(=O)NCC2CC2)ccc1C. The Labute approximate surface area is 147 Å². The Morgan fingerprint density at radius 3 is 2.76 bits per heavy atom. The van der Waals surface area contributed by atoms with E-state index in [1.54, 1.807) is 12.1 Å². The first-order valence-corrected chi connectivity index (χ1v) is 8.57. The molecule has 3 rings (SSSR count). The zero-order valence-electron chi connectivity index (χ0n) is 14.5. The van der Waals surface area contributed by atoms with E-state index >= 15 is 0 Å². The average Bonchev–Trinajstić information content (AvgIpc) is 3.45. The van der Waals surface area contributed by atoms with Gasteiger partial charge in [-0.05, 0) is 49.8 Å². The van der Waals surface area contributed by atoms with E-state index in [4.69, 9.17) is 0 Å². The van der Waals surface area contributed by atoms with Gasteiger partial charge in [-0.25, -0.2) is 9.97 Å². The summed E-state index contributed by atoms with van der Waals surface area (Å²) in [5.41, 5.74) is 3.20. The fourth-order valence-corrected chi connectivity index (χ4v) is 2.57. The molecule has 2 amide bonds. The molecule has 0 aliphatic heterocycles. The summed E-state index contributed by atoms with van der Waals surface area (Å²) in [7, 11) is 0. The van der Waals surface area contributed by atoms with Gasteiger partial charge in [-0.1, -0.05) is 13.0 Å². The summed E-state index contributed by atoms with van der Waals surface area (Å²) in [5.74, 6) is 0.245. The van der Waals surface area contributed by atoms with E-state index in [9.17, 15) is 9.59 Å². The second-order valence-electron chi connectivity index (χ2n) is 6.37. The molecule has 1 aliphatic rings. The van der Waals surface area contributed by atoms with E-state index in [1.165, 1.54) is 25.4 Å². The molecule has 0 saturated heterocycles. The van der Waals surface area contributed by atoms with Crippen molar-refractivity contribution in [2.45, 2.75) is 33.1 Å². The third-order valence-corrected chi connectivity index (χ3v) is 4.37. The molecule has 130 valence electrons. The topological polar surface area (TPSA) is 84.0 Å². The highest BCUT2D eigenvalue weighted by molar-refractivity contribution is 6.06. The van der Waals surface area contributed by atoms with Crippen molar-refractivity contribution in [2.24, 2.45) is 5.92 Å². The summed E-state index contributed by atoms with van der Waals surface area (Å²) >= 11 is 0. The smallest absolute Gasteiger partial charge is 0.259 e. The lowest BCUT2D eigenvalue weighted by atomic mass is 10.1. The summed E-state index contributed by atoms with van der Waals surface area (Å²) in [6.45, 7) is 4.55. The normalized spacial score (nSPS) is 13.4. The maximum absolute atomic E-state index is 12.6. The van der Waals surface area contributed by atoms with E-state index in [1.807, 2.05) is 19.9 Å². The van der Waals surface area contributed by atoms with Crippen LogP contribution in [-0.2, 0) is 6.42 Å². The van der Waals surface area contributed by atoms with Crippen LogP contribution < -0.4 is 10.6 Å². The highest BCUT2D eigenvalue weighted by Crippen LogP contribution is 2.27. The zero-order valence-corrected chi connectivity index (χ0v) is 14.5. The molecule has 0 atom stereocenters. The van der Waals surface area contributed by atoms with Crippen LogP contribution in [0.3, 0.4) is 0 Å². The van der Waals surface area contributed by atoms with Gasteiger partial charge >= 0.3 is 0 Å². The minimum atomic E-state index is -0.268. The lowest BCUT2D eigenvalue weighted by molar-refractivity contribution is 0.0950. The number of anilines is 1. The number of rotatable bonds is 6. The molecule has 2 N–H and O–H groups in total. The van der Waals surface area contributed by atoms with Gasteiger partial charge < -0.3 is 10.6 Å². The highest BCUT2D eigenvalue weighted by atomic mass is 16.2. The molecule has 0 spiro atoms. The van der Waals surface area contributed by atoms with Gasteiger partial charge in [-0.2, -0.15) is 0 Å².